The van der Waals surface area contributed by atoms with Crippen molar-refractivity contribution in [2.24, 2.45) is 0 Å². The monoisotopic (exact) mass is 856 g/mol. The van der Waals surface area contributed by atoms with Gasteiger partial charge in [-0.05, 0) is 92.7 Å². The van der Waals surface area contributed by atoms with Gasteiger partial charge in [-0.3, -0.25) is 4.57 Å². The van der Waals surface area contributed by atoms with Crippen LogP contribution in [0.2, 0.25) is 0 Å². The van der Waals surface area contributed by atoms with Gasteiger partial charge in [0.1, 0.15) is 5.69 Å². The summed E-state index contributed by atoms with van der Waals surface area (Å²) >= 11 is 1.90. The van der Waals surface area contributed by atoms with Gasteiger partial charge in [0, 0.05) is 63.5 Å². The summed E-state index contributed by atoms with van der Waals surface area (Å²) in [6.07, 6.45) is 0. The minimum absolute atomic E-state index is 0.244. The Balaban J connectivity index is 1.05. The topological polar surface area (TPSA) is 35.1 Å². The number of para-hydroxylation sites is 1. The van der Waals surface area contributed by atoms with Crippen molar-refractivity contribution in [2.75, 3.05) is 0 Å². The Labute approximate surface area is 381 Å². The maximum Gasteiger partial charge on any atom is 0.165 e. The van der Waals surface area contributed by atoms with Crippen LogP contribution in [0.4, 0.5) is 0 Å². The number of aromatic nitrogens is 4. The van der Waals surface area contributed by atoms with Crippen LogP contribution in [-0.2, 0) is 5.41 Å². The first kappa shape index (κ1) is 35.3. The Bertz CT molecular complexity index is 4600. The van der Waals surface area contributed by atoms with Gasteiger partial charge < -0.3 is 4.40 Å². The van der Waals surface area contributed by atoms with Crippen LogP contribution in [0.3, 0.4) is 0 Å². The van der Waals surface area contributed by atoms with E-state index in [0.717, 1.165) is 49.9 Å². The van der Waals surface area contributed by atoms with E-state index in [9.17, 15) is 0 Å². The third-order valence-electron chi connectivity index (χ3n) is 15.2. The molecule has 66 heavy (non-hydrogen) atoms. The van der Waals surface area contributed by atoms with Gasteiger partial charge in [0.05, 0.1) is 38.6 Å². The minimum Gasteiger partial charge on any atom is -0.308 e. The molecule has 0 atom stereocenters. The standard InChI is InChI=1S/C61H36N4S/c1-61(2)44-31-34(33-13-4-3-5-14-33)23-25-38(44)39-26-24-35(32-45(39)61)56-60(63-58-42-19-9-7-16-37(42)36-15-6-8-18-41(36)57(58)62-56)65-48-22-12-21-47-52(48)53-49(65)28-30-50-54(53)55-51(66-50)29-27-43-40-17-10-11-20-46(40)64(47)59(43)55/h3-32H,1-2H3. The van der Waals surface area contributed by atoms with Crippen LogP contribution in [-0.4, -0.2) is 18.9 Å². The summed E-state index contributed by atoms with van der Waals surface area (Å²) in [5.41, 5.74) is 17.2. The average Bonchev–Trinajstić information content (AvgIpc) is 4.06. The van der Waals surface area contributed by atoms with Crippen LogP contribution >= 0.6 is 11.3 Å². The molecule has 0 radical (unpaired) electrons. The van der Waals surface area contributed by atoms with Crippen molar-refractivity contribution in [3.05, 3.63) is 193 Å². The molecule has 5 heterocycles. The third kappa shape index (κ3) is 4.26. The van der Waals surface area contributed by atoms with Crippen molar-refractivity contribution >= 4 is 113 Å². The lowest BCUT2D eigenvalue weighted by molar-refractivity contribution is 0.661. The van der Waals surface area contributed by atoms with Gasteiger partial charge in [-0.15, -0.1) is 11.3 Å². The maximum absolute atomic E-state index is 5.94. The molecule has 0 bridgehead atoms. The van der Waals surface area contributed by atoms with Gasteiger partial charge in [-0.2, -0.15) is 0 Å². The SMILES string of the molecule is CC1(C)c2cc(-c3ccccc3)ccc2-c2ccc(-c3nc4c5ccccc5c5ccccc5c4nc3-n3c4ccc5sc6ccc7c8ccccc8n8c9cccc3c9c4c5c6c78)cc21. The highest BCUT2D eigenvalue weighted by Crippen LogP contribution is 2.53. The second-order valence-corrected chi connectivity index (χ2v) is 19.9. The second kappa shape index (κ2) is 12.2. The fraction of sp³-hybridized carbons (Fsp3) is 0.0492. The molecule has 0 aliphatic heterocycles. The third-order valence-corrected chi connectivity index (χ3v) is 16.3. The molecule has 0 unspecified atom stereocenters. The largest absolute Gasteiger partial charge is 0.308 e. The van der Waals surface area contributed by atoms with Crippen LogP contribution in [0.1, 0.15) is 25.0 Å². The van der Waals surface area contributed by atoms with Gasteiger partial charge in [0.25, 0.3) is 0 Å². The highest BCUT2D eigenvalue weighted by atomic mass is 32.1. The van der Waals surface area contributed by atoms with Crippen molar-refractivity contribution in [1.82, 2.24) is 18.9 Å². The van der Waals surface area contributed by atoms with Gasteiger partial charge in [0.2, 0.25) is 0 Å². The van der Waals surface area contributed by atoms with Crippen molar-refractivity contribution in [3.8, 4) is 39.3 Å². The van der Waals surface area contributed by atoms with Crippen LogP contribution < -0.4 is 0 Å². The molecule has 0 N–H and O–H groups in total. The molecule has 0 spiro atoms. The van der Waals surface area contributed by atoms with E-state index in [4.69, 9.17) is 9.97 Å². The molecule has 1 aliphatic rings. The van der Waals surface area contributed by atoms with Gasteiger partial charge in [-0.25, -0.2) is 9.97 Å². The lowest BCUT2D eigenvalue weighted by Gasteiger charge is -2.23. The van der Waals surface area contributed by atoms with E-state index in [-0.39, 0.29) is 5.41 Å². The lowest BCUT2D eigenvalue weighted by atomic mass is 9.81. The molecule has 0 saturated heterocycles. The molecule has 306 valence electrons. The number of benzene rings is 10. The van der Waals surface area contributed by atoms with Gasteiger partial charge in [-0.1, -0.05) is 147 Å². The number of nitrogens with zero attached hydrogens (tertiary/aromatic N) is 4. The molecular weight excluding hydrogens is 821 g/mol. The molecule has 0 amide bonds. The van der Waals surface area contributed by atoms with Crippen LogP contribution in [0.15, 0.2) is 182 Å². The van der Waals surface area contributed by atoms with E-state index in [1.807, 2.05) is 11.3 Å². The van der Waals surface area contributed by atoms with Crippen molar-refractivity contribution in [2.45, 2.75) is 19.3 Å². The van der Waals surface area contributed by atoms with Gasteiger partial charge >= 0.3 is 0 Å². The Kier molecular flexibility index (Phi) is 6.49. The van der Waals surface area contributed by atoms with E-state index >= 15 is 0 Å². The minimum atomic E-state index is -0.244. The molecule has 16 rings (SSSR count). The normalized spacial score (nSPS) is 13.7. The molecule has 0 fully saturated rings. The first-order valence-corrected chi connectivity index (χ1v) is 23.6. The first-order chi connectivity index (χ1) is 32.5. The predicted octanol–water partition coefficient (Wildman–Crippen LogP) is 16.5. The van der Waals surface area contributed by atoms with Crippen LogP contribution in [0.25, 0.3) is 141 Å². The zero-order chi connectivity index (χ0) is 43.2. The molecular formula is C61H36N4S. The summed E-state index contributed by atoms with van der Waals surface area (Å²) in [7, 11) is 0. The van der Waals surface area contributed by atoms with E-state index in [0.29, 0.717) is 0 Å². The molecule has 15 aromatic rings. The Morgan fingerprint density at radius 3 is 1.77 bits per heavy atom. The molecule has 1 aliphatic carbocycles. The fourth-order valence-corrected chi connectivity index (χ4v) is 13.4. The van der Waals surface area contributed by atoms with E-state index in [1.165, 1.54) is 102 Å². The molecule has 0 saturated carbocycles. The smallest absolute Gasteiger partial charge is 0.165 e. The number of hydrogen-bond donors (Lipinski definition) is 0. The molecule has 4 nitrogen and oxygen atoms in total. The number of fused-ring (bicyclic) bond motifs is 13. The Morgan fingerprint density at radius 1 is 0.409 bits per heavy atom. The Morgan fingerprint density at radius 2 is 1.00 bits per heavy atom. The predicted molar refractivity (Wildman–Crippen MR) is 279 cm³/mol. The highest BCUT2D eigenvalue weighted by Gasteiger charge is 2.37. The number of thiophene rings is 1. The number of rotatable bonds is 3. The van der Waals surface area contributed by atoms with Crippen LogP contribution in [0, 0.1) is 0 Å². The molecule has 5 aromatic heterocycles. The zero-order valence-corrected chi connectivity index (χ0v) is 36.8. The summed E-state index contributed by atoms with van der Waals surface area (Å²) in [5, 5.41) is 12.3. The molecule has 5 heteroatoms. The van der Waals surface area contributed by atoms with Crippen molar-refractivity contribution in [3.63, 3.8) is 0 Å². The maximum atomic E-state index is 5.94. The lowest BCUT2D eigenvalue weighted by Crippen LogP contribution is -2.15. The van der Waals surface area contributed by atoms with E-state index < -0.39 is 0 Å². The molecule has 10 aromatic carbocycles. The van der Waals surface area contributed by atoms with Crippen molar-refractivity contribution in [1.29, 1.82) is 0 Å². The second-order valence-electron chi connectivity index (χ2n) is 18.8. The number of hydrogen-bond acceptors (Lipinski definition) is 3. The summed E-state index contributed by atoms with van der Waals surface area (Å²) in [5.74, 6) is 0.835. The first-order valence-electron chi connectivity index (χ1n) is 22.8. The van der Waals surface area contributed by atoms with E-state index in [2.05, 4.69) is 205 Å². The summed E-state index contributed by atoms with van der Waals surface area (Å²) in [6, 6.07) is 67.3. The highest BCUT2D eigenvalue weighted by molar-refractivity contribution is 7.26. The van der Waals surface area contributed by atoms with Gasteiger partial charge in [0.15, 0.2) is 5.82 Å². The summed E-state index contributed by atoms with van der Waals surface area (Å²) in [4.78, 5) is 11.8. The Hall–Kier alpha value is -8.12. The van der Waals surface area contributed by atoms with Crippen molar-refractivity contribution < 1.29 is 0 Å². The quantitative estimate of drug-likeness (QED) is 0.166. The summed E-state index contributed by atoms with van der Waals surface area (Å²) in [6.45, 7) is 4.75. The average molecular weight is 857 g/mol. The van der Waals surface area contributed by atoms with Crippen LogP contribution in [0.5, 0.6) is 0 Å². The zero-order valence-electron chi connectivity index (χ0n) is 36.0. The van der Waals surface area contributed by atoms with E-state index in [1.54, 1.807) is 0 Å². The summed E-state index contributed by atoms with van der Waals surface area (Å²) < 4.78 is 7.60. The fourth-order valence-electron chi connectivity index (χ4n) is 12.3.